The number of nitrogens with zero attached hydrogens (tertiary/aromatic N) is 4. The lowest BCUT2D eigenvalue weighted by molar-refractivity contribution is 0.768. The molecular weight excluding hydrogens is 785 g/mol. The van der Waals surface area contributed by atoms with Crippen molar-refractivity contribution in [1.29, 1.82) is 0 Å². The Bertz CT molecular complexity index is 3660. The summed E-state index contributed by atoms with van der Waals surface area (Å²) in [6, 6.07) is 78.4. The van der Waals surface area contributed by atoms with Gasteiger partial charge in [-0.15, -0.1) is 11.3 Å². The van der Waals surface area contributed by atoms with E-state index in [1.54, 1.807) is 11.3 Å². The summed E-state index contributed by atoms with van der Waals surface area (Å²) in [6.45, 7) is 0. The van der Waals surface area contributed by atoms with E-state index in [1.165, 1.54) is 54.1 Å². The molecule has 0 saturated heterocycles. The summed E-state index contributed by atoms with van der Waals surface area (Å²) in [6.07, 6.45) is 0. The number of hydrogen-bond acceptors (Lipinski definition) is 4. The number of rotatable bonds is 6. The van der Waals surface area contributed by atoms with E-state index in [4.69, 9.17) is 15.0 Å². The van der Waals surface area contributed by atoms with Crippen molar-refractivity contribution >= 4 is 53.3 Å². The zero-order chi connectivity index (χ0) is 41.5. The summed E-state index contributed by atoms with van der Waals surface area (Å²) in [7, 11) is 0. The molecule has 294 valence electrons. The van der Waals surface area contributed by atoms with Gasteiger partial charge in [0.05, 0.1) is 22.1 Å². The molecule has 0 amide bonds. The second-order valence-electron chi connectivity index (χ2n) is 16.2. The summed E-state index contributed by atoms with van der Waals surface area (Å²) >= 11 is 1.79. The van der Waals surface area contributed by atoms with Crippen LogP contribution in [0.3, 0.4) is 0 Å². The number of aromatic nitrogens is 4. The molecule has 0 unspecified atom stereocenters. The molecule has 0 radical (unpaired) electrons. The van der Waals surface area contributed by atoms with Crippen molar-refractivity contribution < 1.29 is 0 Å². The summed E-state index contributed by atoms with van der Waals surface area (Å²) in [5, 5.41) is 4.85. The van der Waals surface area contributed by atoms with E-state index in [0.29, 0.717) is 17.5 Å². The van der Waals surface area contributed by atoms with Gasteiger partial charge in [-0.1, -0.05) is 182 Å². The smallest absolute Gasteiger partial charge is 0.166 e. The van der Waals surface area contributed by atoms with Gasteiger partial charge in [0.15, 0.2) is 17.5 Å². The third kappa shape index (κ3) is 5.24. The van der Waals surface area contributed by atoms with Gasteiger partial charge < -0.3 is 4.57 Å². The average molecular weight is 821 g/mol. The minimum Gasteiger partial charge on any atom is -0.309 e. The fraction of sp³-hybridized carbons (Fsp3) is 0.0172. The Morgan fingerprint density at radius 1 is 0.349 bits per heavy atom. The topological polar surface area (TPSA) is 43.6 Å². The van der Waals surface area contributed by atoms with Crippen LogP contribution in [0.2, 0.25) is 0 Å². The highest BCUT2D eigenvalue weighted by molar-refractivity contribution is 7.26. The van der Waals surface area contributed by atoms with Crippen LogP contribution in [0.4, 0.5) is 0 Å². The third-order valence-corrected chi connectivity index (χ3v) is 14.2. The minimum atomic E-state index is -0.561. The van der Waals surface area contributed by atoms with Crippen molar-refractivity contribution in [3.8, 4) is 51.0 Å². The van der Waals surface area contributed by atoms with Crippen LogP contribution in [-0.4, -0.2) is 19.5 Å². The lowest BCUT2D eigenvalue weighted by atomic mass is 9.67. The van der Waals surface area contributed by atoms with Crippen molar-refractivity contribution in [2.45, 2.75) is 5.41 Å². The first-order valence-electron chi connectivity index (χ1n) is 21.4. The molecule has 0 atom stereocenters. The highest BCUT2D eigenvalue weighted by Gasteiger charge is 2.47. The molecule has 0 bridgehead atoms. The zero-order valence-electron chi connectivity index (χ0n) is 34.0. The van der Waals surface area contributed by atoms with Gasteiger partial charge in [0.2, 0.25) is 0 Å². The SMILES string of the molecule is c1ccc(C2(c3ccccc3)c3ccccc3-c3c(-c4nc(-c5ccccc5-n5c6ccccc6c6ccccc65)nc(-c5cccc6c5sc5ccccc56)n4)cccc32)cc1. The molecule has 5 heteroatoms. The Balaban J connectivity index is 1.12. The van der Waals surface area contributed by atoms with E-state index >= 15 is 0 Å². The maximum absolute atomic E-state index is 5.56. The molecule has 13 rings (SSSR count). The van der Waals surface area contributed by atoms with Crippen LogP contribution in [0.25, 0.3) is 93.0 Å². The van der Waals surface area contributed by atoms with Crippen molar-refractivity contribution in [2.75, 3.05) is 0 Å². The van der Waals surface area contributed by atoms with Gasteiger partial charge in [0.25, 0.3) is 0 Å². The van der Waals surface area contributed by atoms with E-state index in [1.807, 2.05) is 0 Å². The lowest BCUT2D eigenvalue weighted by Crippen LogP contribution is -2.28. The van der Waals surface area contributed by atoms with Crippen molar-refractivity contribution in [3.05, 3.63) is 241 Å². The second kappa shape index (κ2) is 14.0. The first-order chi connectivity index (χ1) is 31.3. The highest BCUT2D eigenvalue weighted by atomic mass is 32.1. The Morgan fingerprint density at radius 3 is 1.54 bits per heavy atom. The van der Waals surface area contributed by atoms with E-state index in [-0.39, 0.29) is 0 Å². The molecule has 3 aromatic heterocycles. The molecule has 0 saturated carbocycles. The van der Waals surface area contributed by atoms with Crippen LogP contribution in [0.1, 0.15) is 22.3 Å². The van der Waals surface area contributed by atoms with Gasteiger partial charge >= 0.3 is 0 Å². The number of thiophene rings is 1. The third-order valence-electron chi connectivity index (χ3n) is 13.0. The molecule has 3 heterocycles. The molecule has 63 heavy (non-hydrogen) atoms. The molecule has 1 aliphatic rings. The standard InChI is InChI=1S/C58H36N4S/c1-3-19-37(20-4-1)58(38-21-5-2-6-22-38)47-31-12-7-26-43(47)53-45(29-18-32-48(53)58)56-59-55(60-57(61-56)46-30-17-28-42-41-25-11-16-36-52(41)63-54(42)46)44-27-10-15-35-51(44)62-49-33-13-8-23-39(49)40-24-9-14-34-50(40)62/h1-36H. The van der Waals surface area contributed by atoms with Crippen LogP contribution in [0.15, 0.2) is 218 Å². The predicted molar refractivity (Wildman–Crippen MR) is 261 cm³/mol. The van der Waals surface area contributed by atoms with Crippen molar-refractivity contribution in [1.82, 2.24) is 19.5 Å². The molecule has 0 spiro atoms. The maximum atomic E-state index is 5.56. The van der Waals surface area contributed by atoms with Gasteiger partial charge in [0.1, 0.15) is 0 Å². The van der Waals surface area contributed by atoms with Gasteiger partial charge in [0, 0.05) is 47.6 Å². The zero-order valence-corrected chi connectivity index (χ0v) is 34.8. The first kappa shape index (κ1) is 35.7. The van der Waals surface area contributed by atoms with Gasteiger partial charge in [-0.25, -0.2) is 15.0 Å². The average Bonchev–Trinajstić information content (AvgIpc) is 4.01. The summed E-state index contributed by atoms with van der Waals surface area (Å²) in [5.74, 6) is 1.89. The van der Waals surface area contributed by atoms with E-state index < -0.39 is 5.41 Å². The number of benzene rings is 9. The van der Waals surface area contributed by atoms with Crippen LogP contribution in [-0.2, 0) is 5.41 Å². The van der Waals surface area contributed by atoms with Crippen molar-refractivity contribution in [2.24, 2.45) is 0 Å². The van der Waals surface area contributed by atoms with E-state index in [0.717, 1.165) is 43.7 Å². The fourth-order valence-electron chi connectivity index (χ4n) is 10.4. The van der Waals surface area contributed by atoms with Crippen molar-refractivity contribution in [3.63, 3.8) is 0 Å². The van der Waals surface area contributed by atoms with Crippen LogP contribution in [0.5, 0.6) is 0 Å². The molecule has 12 aromatic rings. The number of hydrogen-bond donors (Lipinski definition) is 0. The van der Waals surface area contributed by atoms with Gasteiger partial charge in [-0.2, -0.15) is 0 Å². The Morgan fingerprint density at radius 2 is 0.825 bits per heavy atom. The van der Waals surface area contributed by atoms with Crippen LogP contribution in [0, 0.1) is 0 Å². The maximum Gasteiger partial charge on any atom is 0.166 e. The van der Waals surface area contributed by atoms with E-state index in [9.17, 15) is 0 Å². The van der Waals surface area contributed by atoms with Crippen LogP contribution >= 0.6 is 11.3 Å². The van der Waals surface area contributed by atoms with E-state index in [2.05, 4.69) is 223 Å². The lowest BCUT2D eigenvalue weighted by Gasteiger charge is -2.33. The largest absolute Gasteiger partial charge is 0.309 e. The summed E-state index contributed by atoms with van der Waals surface area (Å²) in [4.78, 5) is 16.6. The second-order valence-corrected chi connectivity index (χ2v) is 17.3. The Labute approximate surface area is 368 Å². The molecule has 0 N–H and O–H groups in total. The molecule has 4 nitrogen and oxygen atoms in total. The highest BCUT2D eigenvalue weighted by Crippen LogP contribution is 2.58. The summed E-state index contributed by atoms with van der Waals surface area (Å²) < 4.78 is 4.76. The predicted octanol–water partition coefficient (Wildman–Crippen LogP) is 14.7. The van der Waals surface area contributed by atoms with Gasteiger partial charge in [-0.3, -0.25) is 0 Å². The molecule has 0 aliphatic heterocycles. The summed E-state index contributed by atoms with van der Waals surface area (Å²) in [5.41, 5.74) is 12.8. The molecular formula is C58H36N4S. The minimum absolute atomic E-state index is 0.561. The normalized spacial score (nSPS) is 12.9. The quantitative estimate of drug-likeness (QED) is 0.168. The molecule has 9 aromatic carbocycles. The molecule has 1 aliphatic carbocycles. The fourth-order valence-corrected chi connectivity index (χ4v) is 11.6. The number of para-hydroxylation sites is 3. The first-order valence-corrected chi connectivity index (χ1v) is 22.2. The Hall–Kier alpha value is -7.99. The number of fused-ring (bicyclic) bond motifs is 9. The Kier molecular flexibility index (Phi) is 7.96. The van der Waals surface area contributed by atoms with Gasteiger partial charge in [-0.05, 0) is 69.8 Å². The monoisotopic (exact) mass is 820 g/mol. The van der Waals surface area contributed by atoms with Crippen LogP contribution < -0.4 is 0 Å². The molecule has 0 fully saturated rings.